The smallest absolute Gasteiger partial charge is 0.462 e. The molecule has 0 spiro atoms. The van der Waals surface area contributed by atoms with E-state index >= 15 is 0 Å². The van der Waals surface area contributed by atoms with Crippen molar-refractivity contribution in [2.45, 2.75) is 375 Å². The number of phosphoric ester groups is 2. The summed E-state index contributed by atoms with van der Waals surface area (Å²) < 4.78 is 68.3. The lowest BCUT2D eigenvalue weighted by Gasteiger charge is -2.21. The number of ether oxygens (including phenoxy) is 4. The number of carbonyl (C=O) groups is 4. The number of esters is 4. The van der Waals surface area contributed by atoms with E-state index in [0.29, 0.717) is 25.7 Å². The molecule has 17 nitrogen and oxygen atoms in total. The molecule has 0 amide bonds. The van der Waals surface area contributed by atoms with E-state index in [1.165, 1.54) is 161 Å². The molecule has 7 atom stereocenters. The Morgan fingerprint density at radius 2 is 0.567 bits per heavy atom. The van der Waals surface area contributed by atoms with Crippen molar-refractivity contribution in [1.29, 1.82) is 0 Å². The van der Waals surface area contributed by atoms with Crippen LogP contribution in [0.2, 0.25) is 0 Å². The standard InChI is InChI=1S/C71H138O17P2/c1-8-11-12-13-14-15-16-23-26-29-38-45-52-68(73)81-58-66(87-70(75)54-47-40-30-27-24-21-19-17-18-20-22-25-28-35-42-49-62(4)5)60-85-89(77,78)83-56-65(72)57-84-90(79,80)86-61-67(88-71(76)55-48-41-34-32-37-44-51-64(7)10-3)59-82-69(74)53-46-39-33-31-36-43-50-63(6)9-2/h62-67,72H,8-61H2,1-7H3,(H,77,78)(H,79,80)/t63?,64?,65-,66-,67-/m1/s1. The molecule has 0 heterocycles. The maximum Gasteiger partial charge on any atom is 0.472 e. The van der Waals surface area contributed by atoms with Crippen LogP contribution >= 0.6 is 15.6 Å². The van der Waals surface area contributed by atoms with Crippen molar-refractivity contribution in [3.63, 3.8) is 0 Å². The maximum absolute atomic E-state index is 13.0. The lowest BCUT2D eigenvalue weighted by atomic mass is 10.00. The van der Waals surface area contributed by atoms with Crippen LogP contribution in [0.5, 0.6) is 0 Å². The summed E-state index contributed by atoms with van der Waals surface area (Å²) in [5.74, 6) is 0.126. The van der Waals surface area contributed by atoms with Gasteiger partial charge in [-0.05, 0) is 43.4 Å². The van der Waals surface area contributed by atoms with Gasteiger partial charge < -0.3 is 33.8 Å². The molecule has 0 saturated carbocycles. The van der Waals surface area contributed by atoms with Crippen molar-refractivity contribution < 1.29 is 80.2 Å². The highest BCUT2D eigenvalue weighted by molar-refractivity contribution is 7.47. The predicted molar refractivity (Wildman–Crippen MR) is 363 cm³/mol. The highest BCUT2D eigenvalue weighted by Gasteiger charge is 2.30. The van der Waals surface area contributed by atoms with Crippen LogP contribution in [-0.4, -0.2) is 96.7 Å². The van der Waals surface area contributed by atoms with Gasteiger partial charge in [-0.3, -0.25) is 37.3 Å². The number of hydrogen-bond donors (Lipinski definition) is 3. The van der Waals surface area contributed by atoms with E-state index in [2.05, 4.69) is 48.5 Å². The predicted octanol–water partition coefficient (Wildman–Crippen LogP) is 20.2. The maximum atomic E-state index is 13.0. The second-order valence-corrected chi connectivity index (χ2v) is 29.5. The summed E-state index contributed by atoms with van der Waals surface area (Å²) >= 11 is 0. The van der Waals surface area contributed by atoms with Gasteiger partial charge in [0, 0.05) is 25.7 Å². The lowest BCUT2D eigenvalue weighted by Crippen LogP contribution is -2.30. The third-order valence-corrected chi connectivity index (χ3v) is 19.0. The summed E-state index contributed by atoms with van der Waals surface area (Å²) in [4.78, 5) is 72.5. The lowest BCUT2D eigenvalue weighted by molar-refractivity contribution is -0.161. The summed E-state index contributed by atoms with van der Waals surface area (Å²) in [5.41, 5.74) is 0. The Balaban J connectivity index is 5.23. The summed E-state index contributed by atoms with van der Waals surface area (Å²) in [6.45, 7) is 11.8. The first-order chi connectivity index (χ1) is 43.3. The Morgan fingerprint density at radius 1 is 0.322 bits per heavy atom. The first-order valence-corrected chi connectivity index (χ1v) is 39.9. The van der Waals surface area contributed by atoms with Gasteiger partial charge in [0.05, 0.1) is 26.4 Å². The molecular weight excluding hydrogens is 1190 g/mol. The van der Waals surface area contributed by atoms with Crippen molar-refractivity contribution in [2.75, 3.05) is 39.6 Å². The topological polar surface area (TPSA) is 237 Å². The first kappa shape index (κ1) is 88.1. The molecule has 0 fully saturated rings. The Morgan fingerprint density at radius 3 is 0.844 bits per heavy atom. The van der Waals surface area contributed by atoms with Gasteiger partial charge in [0.15, 0.2) is 12.2 Å². The summed E-state index contributed by atoms with van der Waals surface area (Å²) in [6.07, 6.45) is 45.9. The molecule has 0 saturated heterocycles. The fourth-order valence-electron chi connectivity index (χ4n) is 10.7. The molecule has 0 aliphatic rings. The van der Waals surface area contributed by atoms with Gasteiger partial charge in [0.25, 0.3) is 0 Å². The minimum Gasteiger partial charge on any atom is -0.462 e. The van der Waals surface area contributed by atoms with E-state index in [1.54, 1.807) is 0 Å². The molecule has 0 rings (SSSR count). The molecule has 19 heteroatoms. The third-order valence-electron chi connectivity index (χ3n) is 17.1. The molecule has 4 unspecified atom stereocenters. The van der Waals surface area contributed by atoms with E-state index in [1.807, 2.05) is 0 Å². The second-order valence-electron chi connectivity index (χ2n) is 26.6. The molecule has 0 aliphatic carbocycles. The monoisotopic (exact) mass is 1320 g/mol. The highest BCUT2D eigenvalue weighted by Crippen LogP contribution is 2.45. The van der Waals surface area contributed by atoms with Crippen molar-refractivity contribution in [3.05, 3.63) is 0 Å². The van der Waals surface area contributed by atoms with Crippen LogP contribution in [0.4, 0.5) is 0 Å². The number of phosphoric acid groups is 2. The molecule has 0 aromatic heterocycles. The molecule has 0 radical (unpaired) electrons. The number of hydrogen-bond acceptors (Lipinski definition) is 15. The van der Waals surface area contributed by atoms with Crippen molar-refractivity contribution in [2.24, 2.45) is 17.8 Å². The average molecular weight is 1330 g/mol. The molecule has 90 heavy (non-hydrogen) atoms. The number of rotatable bonds is 69. The minimum absolute atomic E-state index is 0.102. The fraction of sp³-hybridized carbons (Fsp3) is 0.944. The Labute approximate surface area is 549 Å². The van der Waals surface area contributed by atoms with Crippen molar-refractivity contribution in [1.82, 2.24) is 0 Å². The zero-order chi connectivity index (χ0) is 66.6. The van der Waals surface area contributed by atoms with Crippen LogP contribution < -0.4 is 0 Å². The van der Waals surface area contributed by atoms with Crippen molar-refractivity contribution in [3.8, 4) is 0 Å². The number of aliphatic hydroxyl groups excluding tert-OH is 1. The Bertz CT molecular complexity index is 1770. The first-order valence-electron chi connectivity index (χ1n) is 36.9. The van der Waals surface area contributed by atoms with Crippen LogP contribution in [0.1, 0.15) is 357 Å². The second kappa shape index (κ2) is 61.9. The molecule has 0 aromatic rings. The molecule has 3 N–H and O–H groups in total. The van der Waals surface area contributed by atoms with Gasteiger partial charge in [-0.15, -0.1) is 0 Å². The normalized spacial score (nSPS) is 14.8. The van der Waals surface area contributed by atoms with Gasteiger partial charge in [-0.1, -0.05) is 305 Å². The average Bonchev–Trinajstić information content (AvgIpc) is 3.48. The third kappa shape index (κ3) is 62.2. The zero-order valence-corrected chi connectivity index (χ0v) is 60.4. The van der Waals surface area contributed by atoms with E-state index < -0.39 is 97.5 Å². The highest BCUT2D eigenvalue weighted by atomic mass is 31.2. The molecule has 0 aromatic carbocycles. The Hall–Kier alpha value is -1.94. The largest absolute Gasteiger partial charge is 0.472 e. The van der Waals surface area contributed by atoms with Crippen LogP contribution in [0.15, 0.2) is 0 Å². The zero-order valence-electron chi connectivity index (χ0n) is 58.6. The Kier molecular flexibility index (Phi) is 60.6. The van der Waals surface area contributed by atoms with Gasteiger partial charge in [-0.2, -0.15) is 0 Å². The van der Waals surface area contributed by atoms with E-state index in [9.17, 15) is 43.2 Å². The molecule has 0 bridgehead atoms. The van der Waals surface area contributed by atoms with E-state index in [4.69, 9.17) is 37.0 Å². The quantitative estimate of drug-likeness (QED) is 0.0222. The molecular formula is C71H138O17P2. The van der Waals surface area contributed by atoms with Crippen LogP contribution in [-0.2, 0) is 65.4 Å². The van der Waals surface area contributed by atoms with Gasteiger partial charge in [0.1, 0.15) is 19.3 Å². The van der Waals surface area contributed by atoms with Gasteiger partial charge >= 0.3 is 39.5 Å². The van der Waals surface area contributed by atoms with Crippen LogP contribution in [0, 0.1) is 17.8 Å². The summed E-state index contributed by atoms with van der Waals surface area (Å²) in [7, 11) is -9.90. The summed E-state index contributed by atoms with van der Waals surface area (Å²) in [6, 6.07) is 0. The fourth-order valence-corrected chi connectivity index (χ4v) is 12.2. The van der Waals surface area contributed by atoms with E-state index in [-0.39, 0.29) is 25.7 Å². The number of aliphatic hydroxyl groups is 1. The number of unbranched alkanes of at least 4 members (excludes halogenated alkanes) is 35. The van der Waals surface area contributed by atoms with Gasteiger partial charge in [0.2, 0.25) is 0 Å². The van der Waals surface area contributed by atoms with Gasteiger partial charge in [-0.25, -0.2) is 9.13 Å². The molecule has 534 valence electrons. The SMILES string of the molecule is CCCCCCCCCCCCCCC(=O)OC[C@H](COP(=O)(O)OC[C@@H](O)COP(=O)(O)OC[C@@H](COC(=O)CCCCCCCCC(C)CC)OC(=O)CCCCCCCCC(C)CC)OC(=O)CCCCCCCCCCCCCCCCCC(C)C. The summed E-state index contributed by atoms with van der Waals surface area (Å²) in [5, 5.41) is 10.6. The number of carbonyl (C=O) groups excluding carboxylic acids is 4. The minimum atomic E-state index is -4.95. The van der Waals surface area contributed by atoms with E-state index in [0.717, 1.165) is 114 Å². The van der Waals surface area contributed by atoms with Crippen molar-refractivity contribution >= 4 is 39.5 Å². The van der Waals surface area contributed by atoms with Crippen LogP contribution in [0.25, 0.3) is 0 Å². The van der Waals surface area contributed by atoms with Crippen LogP contribution in [0.3, 0.4) is 0 Å². The molecule has 0 aliphatic heterocycles.